The molecular formula is C30H34N4O8. The first-order valence-corrected chi connectivity index (χ1v) is 14.2. The van der Waals surface area contributed by atoms with Gasteiger partial charge in [-0.2, -0.15) is 0 Å². The maximum absolute atomic E-state index is 13.0. The van der Waals surface area contributed by atoms with Crippen molar-refractivity contribution in [3.63, 3.8) is 0 Å². The molecule has 0 spiro atoms. The minimum atomic E-state index is -0.538. The molecule has 0 radical (unpaired) electrons. The molecular weight excluding hydrogens is 544 g/mol. The fourth-order valence-corrected chi connectivity index (χ4v) is 5.97. The summed E-state index contributed by atoms with van der Waals surface area (Å²) in [5, 5.41) is 38.5. The molecule has 12 nitrogen and oxygen atoms in total. The van der Waals surface area contributed by atoms with E-state index in [4.69, 9.17) is 9.26 Å². The number of phenolic OH excluding ortho intramolecular Hbond substituents is 2. The Balaban J connectivity index is 1.20. The van der Waals surface area contributed by atoms with Crippen LogP contribution in [0.4, 0.5) is 5.69 Å². The lowest BCUT2D eigenvalue weighted by atomic mass is 9.82. The van der Waals surface area contributed by atoms with Crippen molar-refractivity contribution in [2.45, 2.75) is 64.0 Å². The van der Waals surface area contributed by atoms with Crippen LogP contribution in [0.25, 0.3) is 11.3 Å². The molecule has 1 aliphatic heterocycles. The number of aromatic nitrogens is 1. The van der Waals surface area contributed by atoms with Gasteiger partial charge in [0.1, 0.15) is 34.3 Å². The zero-order valence-corrected chi connectivity index (χ0v) is 23.3. The zero-order valence-electron chi connectivity index (χ0n) is 23.3. The molecule has 1 saturated heterocycles. The molecule has 1 saturated carbocycles. The summed E-state index contributed by atoms with van der Waals surface area (Å²) in [6.45, 7) is 3.45. The summed E-state index contributed by atoms with van der Waals surface area (Å²) in [5.74, 6) is 0.0151. The first kappa shape index (κ1) is 29.1. The van der Waals surface area contributed by atoms with Crippen molar-refractivity contribution >= 4 is 17.4 Å². The molecule has 1 aliphatic carbocycles. The number of hydrogen-bond acceptors (Lipinski definition) is 10. The standard InChI is InChI=1S/C30H34N4O8/c1-18(35)14-19-2-4-21(5-3-19)33-12-10-20(11-13-33)31-30(38)25-17-28(42-32-25)29-26(37)15-23(36)16-27(29)41-24-8-6-22(7-9-24)34(39)40/h6-9,15-17,19-21,36-37H,2-5,10-14H2,1H3,(H,31,38). The molecule has 0 atom stereocenters. The van der Waals surface area contributed by atoms with Crippen LogP contribution >= 0.6 is 0 Å². The van der Waals surface area contributed by atoms with Gasteiger partial charge in [0, 0.05) is 61.9 Å². The summed E-state index contributed by atoms with van der Waals surface area (Å²) < 4.78 is 11.2. The lowest BCUT2D eigenvalue weighted by Gasteiger charge is -2.40. The van der Waals surface area contributed by atoms with Crippen LogP contribution in [0.1, 0.15) is 62.4 Å². The Kier molecular flexibility index (Phi) is 8.72. The van der Waals surface area contributed by atoms with E-state index < -0.39 is 10.8 Å². The van der Waals surface area contributed by atoms with Gasteiger partial charge < -0.3 is 34.5 Å². The number of Topliss-reactive ketones (excluding diaryl/α,β-unsaturated/α-hetero) is 1. The van der Waals surface area contributed by atoms with Crippen molar-refractivity contribution in [2.24, 2.45) is 5.92 Å². The third-order valence-corrected chi connectivity index (χ3v) is 8.10. The van der Waals surface area contributed by atoms with Gasteiger partial charge in [0.25, 0.3) is 11.6 Å². The smallest absolute Gasteiger partial charge is 0.273 e. The molecule has 3 aromatic rings. The van der Waals surface area contributed by atoms with Crippen molar-refractivity contribution in [1.29, 1.82) is 0 Å². The fraction of sp³-hybridized carbons (Fsp3) is 0.433. The average molecular weight is 579 g/mol. The number of nitro benzene ring substituents is 1. The normalized spacial score (nSPS) is 19.7. The summed E-state index contributed by atoms with van der Waals surface area (Å²) in [6, 6.07) is 9.56. The number of piperidine rings is 1. The molecule has 1 aromatic heterocycles. The van der Waals surface area contributed by atoms with E-state index in [0.29, 0.717) is 18.4 Å². The molecule has 222 valence electrons. The number of nitro groups is 1. The van der Waals surface area contributed by atoms with E-state index in [2.05, 4.69) is 15.4 Å². The Hall–Kier alpha value is -4.45. The number of nitrogens with zero attached hydrogens (tertiary/aromatic N) is 3. The summed E-state index contributed by atoms with van der Waals surface area (Å²) in [5.41, 5.74) is -0.0276. The molecule has 0 unspecified atom stereocenters. The second-order valence-corrected chi connectivity index (χ2v) is 11.1. The second-order valence-electron chi connectivity index (χ2n) is 11.1. The van der Waals surface area contributed by atoms with E-state index in [0.717, 1.165) is 57.7 Å². The highest BCUT2D eigenvalue weighted by atomic mass is 16.6. The van der Waals surface area contributed by atoms with Gasteiger partial charge in [0.2, 0.25) is 0 Å². The summed E-state index contributed by atoms with van der Waals surface area (Å²) >= 11 is 0. The molecule has 2 heterocycles. The van der Waals surface area contributed by atoms with E-state index in [1.165, 1.54) is 36.4 Å². The van der Waals surface area contributed by atoms with Crippen molar-refractivity contribution in [3.8, 4) is 34.3 Å². The maximum atomic E-state index is 13.0. The molecule has 2 fully saturated rings. The largest absolute Gasteiger partial charge is 0.508 e. The molecule has 5 rings (SSSR count). The first-order valence-electron chi connectivity index (χ1n) is 14.2. The molecule has 3 N–H and O–H groups in total. The number of likely N-dealkylation sites (tertiary alicyclic amines) is 1. The van der Waals surface area contributed by atoms with Crippen molar-refractivity contribution in [3.05, 3.63) is 58.3 Å². The number of nitrogens with one attached hydrogen (secondary N) is 1. The van der Waals surface area contributed by atoms with Crippen LogP contribution in [0, 0.1) is 16.0 Å². The van der Waals surface area contributed by atoms with Crippen molar-refractivity contribution < 1.29 is 34.0 Å². The first-order chi connectivity index (χ1) is 20.2. The van der Waals surface area contributed by atoms with Crippen LogP contribution in [-0.4, -0.2) is 62.1 Å². The van der Waals surface area contributed by atoms with E-state index in [1.54, 1.807) is 6.92 Å². The molecule has 12 heteroatoms. The lowest BCUT2D eigenvalue weighted by molar-refractivity contribution is -0.384. The predicted octanol–water partition coefficient (Wildman–Crippen LogP) is 5.19. The van der Waals surface area contributed by atoms with Crippen molar-refractivity contribution in [2.75, 3.05) is 13.1 Å². The minimum absolute atomic E-state index is 0.00663. The number of hydrogen-bond donors (Lipinski definition) is 3. The van der Waals surface area contributed by atoms with Crippen LogP contribution < -0.4 is 10.1 Å². The van der Waals surface area contributed by atoms with Crippen LogP contribution in [-0.2, 0) is 4.79 Å². The van der Waals surface area contributed by atoms with Crippen LogP contribution in [0.5, 0.6) is 23.0 Å². The van der Waals surface area contributed by atoms with E-state index in [9.17, 15) is 29.9 Å². The number of aromatic hydroxyl groups is 2. The summed E-state index contributed by atoms with van der Waals surface area (Å²) in [4.78, 5) is 37.3. The van der Waals surface area contributed by atoms with Crippen molar-refractivity contribution in [1.82, 2.24) is 15.4 Å². The second kappa shape index (κ2) is 12.6. The summed E-state index contributed by atoms with van der Waals surface area (Å²) in [6.07, 6.45) is 6.71. The van der Waals surface area contributed by atoms with E-state index in [-0.39, 0.29) is 57.5 Å². The SMILES string of the molecule is CC(=O)CC1CCC(N2CCC(NC(=O)c3cc(-c4c(O)cc(O)cc4Oc4ccc([N+](=O)[O-])cc4)on3)CC2)CC1. The Morgan fingerprint density at radius 3 is 2.40 bits per heavy atom. The summed E-state index contributed by atoms with van der Waals surface area (Å²) in [7, 11) is 0. The van der Waals surface area contributed by atoms with Gasteiger partial charge in [0.15, 0.2) is 11.5 Å². The van der Waals surface area contributed by atoms with Gasteiger partial charge in [-0.25, -0.2) is 0 Å². The molecule has 2 aliphatic rings. The number of carbonyl (C=O) groups excluding carboxylic acids is 2. The number of ether oxygens (including phenoxy) is 1. The number of phenols is 2. The maximum Gasteiger partial charge on any atom is 0.273 e. The number of ketones is 1. The van der Waals surface area contributed by atoms with Gasteiger partial charge in [0.05, 0.1) is 4.92 Å². The molecule has 42 heavy (non-hydrogen) atoms. The monoisotopic (exact) mass is 578 g/mol. The molecule has 1 amide bonds. The lowest BCUT2D eigenvalue weighted by Crippen LogP contribution is -2.48. The predicted molar refractivity (Wildman–Crippen MR) is 152 cm³/mol. The minimum Gasteiger partial charge on any atom is -0.508 e. The Labute approximate surface area is 242 Å². The molecule has 0 bridgehead atoms. The van der Waals surface area contributed by atoms with Gasteiger partial charge in [-0.05, 0) is 63.5 Å². The third kappa shape index (κ3) is 6.88. The van der Waals surface area contributed by atoms with E-state index >= 15 is 0 Å². The Morgan fingerprint density at radius 2 is 1.76 bits per heavy atom. The Bertz CT molecular complexity index is 1440. The van der Waals surface area contributed by atoms with Crippen LogP contribution in [0.15, 0.2) is 47.0 Å². The van der Waals surface area contributed by atoms with Gasteiger partial charge >= 0.3 is 0 Å². The highest BCUT2D eigenvalue weighted by molar-refractivity contribution is 5.93. The number of rotatable bonds is 9. The third-order valence-electron chi connectivity index (χ3n) is 8.10. The quantitative estimate of drug-likeness (QED) is 0.227. The van der Waals surface area contributed by atoms with Gasteiger partial charge in [-0.3, -0.25) is 14.9 Å². The average Bonchev–Trinajstić information content (AvgIpc) is 3.43. The van der Waals surface area contributed by atoms with Crippen LogP contribution in [0.3, 0.4) is 0 Å². The van der Waals surface area contributed by atoms with Gasteiger partial charge in [-0.15, -0.1) is 0 Å². The van der Waals surface area contributed by atoms with E-state index in [1.807, 2.05) is 0 Å². The number of carbonyl (C=O) groups is 2. The number of benzene rings is 2. The van der Waals surface area contributed by atoms with Gasteiger partial charge in [-0.1, -0.05) is 5.16 Å². The highest BCUT2D eigenvalue weighted by Gasteiger charge is 2.30. The Morgan fingerprint density at radius 1 is 1.07 bits per heavy atom. The number of amides is 1. The number of non-ortho nitro benzene ring substituents is 1. The highest BCUT2D eigenvalue weighted by Crippen LogP contribution is 2.43. The molecule has 2 aromatic carbocycles. The fourth-order valence-electron chi connectivity index (χ4n) is 5.97. The van der Waals surface area contributed by atoms with Crippen LogP contribution in [0.2, 0.25) is 0 Å². The topological polar surface area (TPSA) is 168 Å². The zero-order chi connectivity index (χ0) is 29.8.